The molecule has 2 aromatic carbocycles. The summed E-state index contributed by atoms with van der Waals surface area (Å²) in [4.78, 5) is 10.7. The van der Waals surface area contributed by atoms with E-state index >= 15 is 0 Å². The molecule has 0 radical (unpaired) electrons. The van der Waals surface area contributed by atoms with E-state index in [-0.39, 0.29) is 18.7 Å². The van der Waals surface area contributed by atoms with Gasteiger partial charge in [0.2, 0.25) is 0 Å². The fraction of sp³-hybridized carbons (Fsp3) is 0.133. The van der Waals surface area contributed by atoms with Crippen molar-refractivity contribution in [3.63, 3.8) is 0 Å². The lowest BCUT2D eigenvalue weighted by atomic mass is 10.1. The Hall–Kier alpha value is -2.34. The van der Waals surface area contributed by atoms with E-state index < -0.39 is 29.0 Å². The molecule has 2 N–H and O–H groups in total. The predicted octanol–water partition coefficient (Wildman–Crippen LogP) is 3.09. The van der Waals surface area contributed by atoms with Crippen LogP contribution >= 0.6 is 0 Å². The van der Waals surface area contributed by atoms with Gasteiger partial charge in [-0.15, -0.1) is 0 Å². The van der Waals surface area contributed by atoms with Gasteiger partial charge >= 0.3 is 5.97 Å². The molecule has 0 aliphatic heterocycles. The van der Waals surface area contributed by atoms with E-state index in [4.69, 9.17) is 5.11 Å². The van der Waals surface area contributed by atoms with Crippen LogP contribution in [0.1, 0.15) is 21.5 Å². The van der Waals surface area contributed by atoms with Crippen LogP contribution in [0, 0.1) is 17.5 Å². The molecule has 2 rings (SSSR count). The highest BCUT2D eigenvalue weighted by molar-refractivity contribution is 5.87. The molecule has 21 heavy (non-hydrogen) atoms. The standard InChI is InChI=1S/C15H12F3NO2/c16-11-2-4-13(17)10(6-11)8-19-7-9-1-3-12(15(20)21)14(18)5-9/h1-6,19H,7-8H2,(H,20,21). The number of aromatic carboxylic acids is 1. The maximum Gasteiger partial charge on any atom is 0.338 e. The first-order valence-electron chi connectivity index (χ1n) is 6.13. The summed E-state index contributed by atoms with van der Waals surface area (Å²) in [5.41, 5.74) is 0.266. The number of carbonyl (C=O) groups is 1. The zero-order valence-electron chi connectivity index (χ0n) is 10.9. The second-order valence-corrected chi connectivity index (χ2v) is 4.46. The van der Waals surface area contributed by atoms with Gasteiger partial charge in [-0.05, 0) is 35.9 Å². The molecule has 0 heterocycles. The number of carboxylic acids is 1. The van der Waals surface area contributed by atoms with Crippen molar-refractivity contribution in [2.24, 2.45) is 0 Å². The van der Waals surface area contributed by atoms with Gasteiger partial charge in [0.15, 0.2) is 0 Å². The number of hydrogen-bond donors (Lipinski definition) is 2. The van der Waals surface area contributed by atoms with Crippen LogP contribution < -0.4 is 5.32 Å². The zero-order chi connectivity index (χ0) is 15.4. The molecule has 0 unspecified atom stereocenters. The van der Waals surface area contributed by atoms with Gasteiger partial charge in [0.1, 0.15) is 17.5 Å². The van der Waals surface area contributed by atoms with E-state index in [2.05, 4.69) is 5.32 Å². The Morgan fingerprint density at radius 2 is 1.76 bits per heavy atom. The van der Waals surface area contributed by atoms with Crippen molar-refractivity contribution >= 4 is 5.97 Å². The third-order valence-electron chi connectivity index (χ3n) is 2.92. The highest BCUT2D eigenvalue weighted by atomic mass is 19.1. The minimum Gasteiger partial charge on any atom is -0.478 e. The topological polar surface area (TPSA) is 49.3 Å². The highest BCUT2D eigenvalue weighted by Gasteiger charge is 2.10. The summed E-state index contributed by atoms with van der Waals surface area (Å²) >= 11 is 0. The molecule has 110 valence electrons. The summed E-state index contributed by atoms with van der Waals surface area (Å²) < 4.78 is 39.8. The molecule has 0 saturated carbocycles. The van der Waals surface area contributed by atoms with Crippen molar-refractivity contribution in [2.75, 3.05) is 0 Å². The van der Waals surface area contributed by atoms with Crippen LogP contribution in [-0.4, -0.2) is 11.1 Å². The van der Waals surface area contributed by atoms with E-state index in [0.29, 0.717) is 5.56 Å². The molecular weight excluding hydrogens is 283 g/mol. The van der Waals surface area contributed by atoms with E-state index in [1.807, 2.05) is 0 Å². The first-order chi connectivity index (χ1) is 9.97. The van der Waals surface area contributed by atoms with Crippen LogP contribution in [0.4, 0.5) is 13.2 Å². The average Bonchev–Trinajstić information content (AvgIpc) is 2.42. The second-order valence-electron chi connectivity index (χ2n) is 4.46. The summed E-state index contributed by atoms with van der Waals surface area (Å²) in [5, 5.41) is 11.5. The number of carboxylic acid groups (broad SMARTS) is 1. The van der Waals surface area contributed by atoms with Gasteiger partial charge in [-0.2, -0.15) is 0 Å². The summed E-state index contributed by atoms with van der Waals surface area (Å²) in [6, 6.07) is 6.86. The van der Waals surface area contributed by atoms with Gasteiger partial charge in [0, 0.05) is 18.7 Å². The maximum atomic E-state index is 13.4. The first kappa shape index (κ1) is 15.1. The lowest BCUT2D eigenvalue weighted by molar-refractivity contribution is 0.0692. The smallest absolute Gasteiger partial charge is 0.338 e. The molecule has 0 amide bonds. The number of halogens is 3. The van der Waals surface area contributed by atoms with Crippen LogP contribution in [0.2, 0.25) is 0 Å². The minimum atomic E-state index is -1.34. The summed E-state index contributed by atoms with van der Waals surface area (Å²) in [5.74, 6) is -3.24. The Kier molecular flexibility index (Phi) is 4.59. The van der Waals surface area contributed by atoms with Gasteiger partial charge in [-0.3, -0.25) is 0 Å². The van der Waals surface area contributed by atoms with Gasteiger partial charge in [-0.25, -0.2) is 18.0 Å². The van der Waals surface area contributed by atoms with Crippen molar-refractivity contribution in [1.82, 2.24) is 5.32 Å². The molecule has 0 saturated heterocycles. The molecule has 6 heteroatoms. The van der Waals surface area contributed by atoms with Crippen molar-refractivity contribution < 1.29 is 23.1 Å². The average molecular weight is 295 g/mol. The lowest BCUT2D eigenvalue weighted by Gasteiger charge is -2.07. The molecule has 0 bridgehead atoms. The van der Waals surface area contributed by atoms with E-state index in [0.717, 1.165) is 30.3 Å². The SMILES string of the molecule is O=C(O)c1ccc(CNCc2cc(F)ccc2F)cc1F. The molecular formula is C15H12F3NO2. The van der Waals surface area contributed by atoms with Gasteiger partial charge in [0.05, 0.1) is 5.56 Å². The van der Waals surface area contributed by atoms with E-state index in [9.17, 15) is 18.0 Å². The predicted molar refractivity (Wildman–Crippen MR) is 70.3 cm³/mol. The molecule has 0 aliphatic rings. The van der Waals surface area contributed by atoms with Crippen LogP contribution in [0.3, 0.4) is 0 Å². The Balaban J connectivity index is 1.99. The second kappa shape index (κ2) is 6.41. The molecule has 2 aromatic rings. The molecule has 0 spiro atoms. The Morgan fingerprint density at radius 3 is 2.43 bits per heavy atom. The zero-order valence-corrected chi connectivity index (χ0v) is 10.9. The summed E-state index contributed by atoms with van der Waals surface area (Å²) in [6.07, 6.45) is 0. The molecule has 0 aliphatic carbocycles. The fourth-order valence-corrected chi connectivity index (χ4v) is 1.86. The third kappa shape index (κ3) is 3.82. The minimum absolute atomic E-state index is 0.0753. The highest BCUT2D eigenvalue weighted by Crippen LogP contribution is 2.12. The first-order valence-corrected chi connectivity index (χ1v) is 6.13. The van der Waals surface area contributed by atoms with Crippen LogP contribution in [0.25, 0.3) is 0 Å². The van der Waals surface area contributed by atoms with E-state index in [1.54, 1.807) is 0 Å². The molecule has 0 fully saturated rings. The molecule has 0 aromatic heterocycles. The summed E-state index contributed by atoms with van der Waals surface area (Å²) in [7, 11) is 0. The van der Waals surface area contributed by atoms with Crippen LogP contribution in [0.5, 0.6) is 0 Å². The summed E-state index contributed by atoms with van der Waals surface area (Å²) in [6.45, 7) is 0.276. The Morgan fingerprint density at radius 1 is 1.00 bits per heavy atom. The van der Waals surface area contributed by atoms with Crippen molar-refractivity contribution in [3.05, 3.63) is 70.5 Å². The van der Waals surface area contributed by atoms with Crippen molar-refractivity contribution in [2.45, 2.75) is 13.1 Å². The monoisotopic (exact) mass is 295 g/mol. The van der Waals surface area contributed by atoms with Crippen molar-refractivity contribution in [3.8, 4) is 0 Å². The Bertz CT molecular complexity index is 674. The number of benzene rings is 2. The lowest BCUT2D eigenvalue weighted by Crippen LogP contribution is -2.14. The molecule has 0 atom stereocenters. The van der Waals surface area contributed by atoms with Crippen LogP contribution in [-0.2, 0) is 13.1 Å². The quantitative estimate of drug-likeness (QED) is 0.891. The number of rotatable bonds is 5. The van der Waals surface area contributed by atoms with Gasteiger partial charge < -0.3 is 10.4 Å². The number of hydrogen-bond acceptors (Lipinski definition) is 2. The molecule has 3 nitrogen and oxygen atoms in total. The number of nitrogens with one attached hydrogen (secondary N) is 1. The normalized spacial score (nSPS) is 10.6. The fourth-order valence-electron chi connectivity index (χ4n) is 1.86. The van der Waals surface area contributed by atoms with Crippen LogP contribution in [0.15, 0.2) is 36.4 Å². The van der Waals surface area contributed by atoms with E-state index in [1.165, 1.54) is 6.07 Å². The Labute approximate surface area is 119 Å². The maximum absolute atomic E-state index is 13.4. The van der Waals surface area contributed by atoms with Gasteiger partial charge in [-0.1, -0.05) is 6.07 Å². The largest absolute Gasteiger partial charge is 0.478 e. The van der Waals surface area contributed by atoms with Crippen molar-refractivity contribution in [1.29, 1.82) is 0 Å². The van der Waals surface area contributed by atoms with Gasteiger partial charge in [0.25, 0.3) is 0 Å². The third-order valence-corrected chi connectivity index (χ3v) is 2.92.